The number of hydrogen-bond acceptors (Lipinski definition) is 3. The molecule has 92 valence electrons. The summed E-state index contributed by atoms with van der Waals surface area (Å²) in [7, 11) is 2.08. The van der Waals surface area contributed by atoms with Gasteiger partial charge in [-0.15, -0.1) is 0 Å². The molecule has 1 N–H and O–H groups in total. The molecule has 0 bridgehead atoms. The van der Waals surface area contributed by atoms with Crippen LogP contribution in [0.2, 0.25) is 5.02 Å². The largest absolute Gasteiger partial charge is 0.310 e. The third kappa shape index (κ3) is 3.41. The maximum atomic E-state index is 12.0. The number of anilines is 1. The molecular formula is C12H16ClN3O. The van der Waals surface area contributed by atoms with Crippen LogP contribution in [0.1, 0.15) is 12.8 Å². The molecule has 0 atom stereocenters. The van der Waals surface area contributed by atoms with Crippen molar-refractivity contribution in [1.29, 1.82) is 0 Å². The Morgan fingerprint density at radius 3 is 2.88 bits per heavy atom. The maximum Gasteiger partial charge on any atom is 0.228 e. The number of halogens is 1. The molecule has 1 aromatic rings. The fourth-order valence-corrected chi connectivity index (χ4v) is 2.13. The molecule has 1 aromatic heterocycles. The van der Waals surface area contributed by atoms with E-state index in [1.54, 1.807) is 18.3 Å². The molecule has 0 unspecified atom stereocenters. The molecule has 1 fully saturated rings. The minimum absolute atomic E-state index is 0.0490. The van der Waals surface area contributed by atoms with E-state index in [-0.39, 0.29) is 11.8 Å². The number of nitrogens with one attached hydrogen (secondary N) is 1. The third-order valence-corrected chi connectivity index (χ3v) is 3.30. The van der Waals surface area contributed by atoms with E-state index in [0.29, 0.717) is 10.8 Å². The second-order valence-corrected chi connectivity index (χ2v) is 4.86. The Morgan fingerprint density at radius 2 is 2.24 bits per heavy atom. The van der Waals surface area contributed by atoms with E-state index in [4.69, 9.17) is 11.6 Å². The summed E-state index contributed by atoms with van der Waals surface area (Å²) in [5.41, 5.74) is 0. The van der Waals surface area contributed by atoms with E-state index in [2.05, 4.69) is 22.2 Å². The molecular weight excluding hydrogens is 238 g/mol. The first-order chi connectivity index (χ1) is 8.15. The van der Waals surface area contributed by atoms with Crippen molar-refractivity contribution < 1.29 is 4.79 Å². The summed E-state index contributed by atoms with van der Waals surface area (Å²) in [5, 5.41) is 3.40. The van der Waals surface area contributed by atoms with Crippen LogP contribution in [-0.2, 0) is 4.79 Å². The van der Waals surface area contributed by atoms with Crippen molar-refractivity contribution in [3.63, 3.8) is 0 Å². The van der Waals surface area contributed by atoms with Crippen molar-refractivity contribution in [1.82, 2.24) is 9.88 Å². The lowest BCUT2D eigenvalue weighted by atomic mass is 9.96. The molecule has 1 saturated heterocycles. The average Bonchev–Trinajstić information content (AvgIpc) is 2.29. The van der Waals surface area contributed by atoms with Crippen molar-refractivity contribution in [2.45, 2.75) is 12.8 Å². The van der Waals surface area contributed by atoms with Crippen LogP contribution in [-0.4, -0.2) is 35.9 Å². The number of pyridine rings is 1. The molecule has 5 heteroatoms. The molecule has 0 aliphatic carbocycles. The third-order valence-electron chi connectivity index (χ3n) is 3.06. The van der Waals surface area contributed by atoms with Gasteiger partial charge in [-0.1, -0.05) is 11.6 Å². The second kappa shape index (κ2) is 5.47. The Bertz CT molecular complexity index is 402. The van der Waals surface area contributed by atoms with Gasteiger partial charge in [-0.2, -0.15) is 0 Å². The SMILES string of the molecule is CN1CCC(C(=O)Nc2cc(Cl)ccn2)CC1. The summed E-state index contributed by atoms with van der Waals surface area (Å²) < 4.78 is 0. The normalized spacial score (nSPS) is 18.0. The number of rotatable bonds is 2. The molecule has 1 amide bonds. The summed E-state index contributed by atoms with van der Waals surface area (Å²) in [6, 6.07) is 3.35. The van der Waals surface area contributed by atoms with Gasteiger partial charge >= 0.3 is 0 Å². The first-order valence-corrected chi connectivity index (χ1v) is 6.14. The number of aromatic nitrogens is 1. The van der Waals surface area contributed by atoms with Crippen LogP contribution in [0, 0.1) is 5.92 Å². The highest BCUT2D eigenvalue weighted by atomic mass is 35.5. The van der Waals surface area contributed by atoms with Gasteiger partial charge < -0.3 is 10.2 Å². The lowest BCUT2D eigenvalue weighted by molar-refractivity contribution is -0.121. The standard InChI is InChI=1S/C12H16ClN3O/c1-16-6-3-9(4-7-16)12(17)15-11-8-10(13)2-5-14-11/h2,5,8-9H,3-4,6-7H2,1H3,(H,14,15,17). The highest BCUT2D eigenvalue weighted by Crippen LogP contribution is 2.18. The van der Waals surface area contributed by atoms with Crippen molar-refractivity contribution in [3.8, 4) is 0 Å². The van der Waals surface area contributed by atoms with Crippen LogP contribution in [0.3, 0.4) is 0 Å². The lowest BCUT2D eigenvalue weighted by Gasteiger charge is -2.27. The lowest BCUT2D eigenvalue weighted by Crippen LogP contribution is -2.36. The monoisotopic (exact) mass is 253 g/mol. The first kappa shape index (κ1) is 12.3. The fourth-order valence-electron chi connectivity index (χ4n) is 1.97. The maximum absolute atomic E-state index is 12.0. The van der Waals surface area contributed by atoms with Gasteiger partial charge in [0.1, 0.15) is 5.82 Å². The molecule has 0 aromatic carbocycles. The number of amides is 1. The van der Waals surface area contributed by atoms with E-state index >= 15 is 0 Å². The van der Waals surface area contributed by atoms with Crippen LogP contribution in [0.15, 0.2) is 18.3 Å². The summed E-state index contributed by atoms with van der Waals surface area (Å²) >= 11 is 5.84. The molecule has 0 spiro atoms. The van der Waals surface area contributed by atoms with Gasteiger partial charge in [-0.05, 0) is 45.1 Å². The van der Waals surface area contributed by atoms with Gasteiger partial charge in [-0.3, -0.25) is 4.79 Å². The van der Waals surface area contributed by atoms with Gasteiger partial charge in [0.25, 0.3) is 0 Å². The molecule has 2 rings (SSSR count). The molecule has 1 aliphatic heterocycles. The Morgan fingerprint density at radius 1 is 1.53 bits per heavy atom. The first-order valence-electron chi connectivity index (χ1n) is 5.76. The van der Waals surface area contributed by atoms with Crippen molar-refractivity contribution >= 4 is 23.3 Å². The Labute approximate surface area is 106 Å². The van der Waals surface area contributed by atoms with Gasteiger partial charge in [0, 0.05) is 17.1 Å². The van der Waals surface area contributed by atoms with Crippen molar-refractivity contribution in [2.24, 2.45) is 5.92 Å². The Balaban J connectivity index is 1.93. The number of piperidine rings is 1. The molecule has 0 saturated carbocycles. The summed E-state index contributed by atoms with van der Waals surface area (Å²) in [6.45, 7) is 1.95. The highest BCUT2D eigenvalue weighted by molar-refractivity contribution is 6.30. The minimum atomic E-state index is 0.0490. The van der Waals surface area contributed by atoms with E-state index < -0.39 is 0 Å². The summed E-state index contributed by atoms with van der Waals surface area (Å²) in [4.78, 5) is 18.3. The fraction of sp³-hybridized carbons (Fsp3) is 0.500. The number of carbonyl (C=O) groups is 1. The molecule has 2 heterocycles. The van der Waals surface area contributed by atoms with Crippen LogP contribution in [0.4, 0.5) is 5.82 Å². The Kier molecular flexibility index (Phi) is 3.97. The van der Waals surface area contributed by atoms with E-state index in [1.165, 1.54) is 0 Å². The van der Waals surface area contributed by atoms with Crippen LogP contribution in [0.5, 0.6) is 0 Å². The topological polar surface area (TPSA) is 45.2 Å². The zero-order valence-corrected chi connectivity index (χ0v) is 10.6. The van der Waals surface area contributed by atoms with Crippen LogP contribution in [0.25, 0.3) is 0 Å². The average molecular weight is 254 g/mol. The number of nitrogens with zero attached hydrogens (tertiary/aromatic N) is 2. The highest BCUT2D eigenvalue weighted by Gasteiger charge is 2.23. The molecule has 1 aliphatic rings. The summed E-state index contributed by atoms with van der Waals surface area (Å²) in [6.07, 6.45) is 3.40. The van der Waals surface area contributed by atoms with Gasteiger partial charge in [-0.25, -0.2) is 4.98 Å². The quantitative estimate of drug-likeness (QED) is 0.877. The molecule has 0 radical (unpaired) electrons. The number of likely N-dealkylation sites (tertiary alicyclic amines) is 1. The van der Waals surface area contributed by atoms with E-state index in [0.717, 1.165) is 25.9 Å². The van der Waals surface area contributed by atoms with Gasteiger partial charge in [0.15, 0.2) is 0 Å². The van der Waals surface area contributed by atoms with E-state index in [1.807, 2.05) is 0 Å². The van der Waals surface area contributed by atoms with Crippen molar-refractivity contribution in [3.05, 3.63) is 23.4 Å². The smallest absolute Gasteiger partial charge is 0.228 e. The number of carbonyl (C=O) groups excluding carboxylic acids is 1. The zero-order chi connectivity index (χ0) is 12.3. The van der Waals surface area contributed by atoms with Gasteiger partial charge in [0.05, 0.1) is 0 Å². The zero-order valence-electron chi connectivity index (χ0n) is 9.82. The van der Waals surface area contributed by atoms with Crippen molar-refractivity contribution in [2.75, 3.05) is 25.5 Å². The van der Waals surface area contributed by atoms with Crippen LogP contribution >= 0.6 is 11.6 Å². The second-order valence-electron chi connectivity index (χ2n) is 4.43. The van der Waals surface area contributed by atoms with E-state index in [9.17, 15) is 4.79 Å². The molecule has 4 nitrogen and oxygen atoms in total. The predicted octanol–water partition coefficient (Wildman–Crippen LogP) is 2.02. The number of hydrogen-bond donors (Lipinski definition) is 1. The van der Waals surface area contributed by atoms with Crippen LogP contribution < -0.4 is 5.32 Å². The minimum Gasteiger partial charge on any atom is -0.310 e. The summed E-state index contributed by atoms with van der Waals surface area (Å²) in [5.74, 6) is 0.668. The Hall–Kier alpha value is -1.13. The molecule has 17 heavy (non-hydrogen) atoms. The van der Waals surface area contributed by atoms with Gasteiger partial charge in [0.2, 0.25) is 5.91 Å². The predicted molar refractivity (Wildman–Crippen MR) is 68.1 cm³/mol.